The highest BCUT2D eigenvalue weighted by atomic mass is 32.2. The number of unbranched alkanes of at least 4 members (excludes halogenated alkanes) is 1. The number of carbonyl (C=O) groups is 1. The highest BCUT2D eigenvalue weighted by Crippen LogP contribution is 2.32. The first-order valence-electron chi connectivity index (χ1n) is 13.0. The molecule has 3 N–H and O–H groups in total. The van der Waals surface area contributed by atoms with Crippen LogP contribution < -0.4 is 5.32 Å². The topological polar surface area (TPSA) is 107 Å². The minimum atomic E-state index is -4.81. The molecular weight excluding hydrogens is 545 g/mol. The highest BCUT2D eigenvalue weighted by Gasteiger charge is 2.33. The fourth-order valence-corrected chi connectivity index (χ4v) is 5.26. The van der Waals surface area contributed by atoms with E-state index in [-0.39, 0.29) is 43.5 Å². The molecule has 0 saturated heterocycles. The average molecular weight is 583 g/mol. The van der Waals surface area contributed by atoms with Gasteiger partial charge in [-0.05, 0) is 63.3 Å². The van der Waals surface area contributed by atoms with E-state index in [9.17, 15) is 31.5 Å². The molecule has 0 aliphatic carbocycles. The van der Waals surface area contributed by atoms with Crippen molar-refractivity contribution in [3.63, 3.8) is 0 Å². The molecule has 0 amide bonds. The predicted octanol–water partition coefficient (Wildman–Crippen LogP) is 4.68. The number of β-amino-alcohol motifs (C(OH)–C–C–N with tert-alkyl or cyclic N) is 1. The Hall–Kier alpha value is -2.91. The van der Waals surface area contributed by atoms with Crippen molar-refractivity contribution in [2.75, 3.05) is 20.1 Å². The van der Waals surface area contributed by atoms with E-state index in [1.807, 2.05) is 32.0 Å². The Kier molecular flexibility index (Phi) is 12.2. The third kappa shape index (κ3) is 11.3. The number of aryl methyl sites for hydroxylation is 1. The van der Waals surface area contributed by atoms with Crippen LogP contribution in [0.5, 0.6) is 0 Å². The van der Waals surface area contributed by atoms with Crippen LogP contribution in [0.4, 0.5) is 13.2 Å². The summed E-state index contributed by atoms with van der Waals surface area (Å²) in [6.45, 7) is 3.73. The average Bonchev–Trinajstić information content (AvgIpc) is 2.87. The Bertz CT molecular complexity index is 1290. The van der Waals surface area contributed by atoms with Crippen LogP contribution in [0.2, 0.25) is 0 Å². The van der Waals surface area contributed by atoms with E-state index in [1.54, 1.807) is 0 Å². The van der Waals surface area contributed by atoms with Crippen LogP contribution in [0.15, 0.2) is 53.4 Å². The van der Waals surface area contributed by atoms with Gasteiger partial charge >= 0.3 is 12.1 Å². The van der Waals surface area contributed by atoms with Crippen molar-refractivity contribution in [2.24, 2.45) is 0 Å². The van der Waals surface area contributed by atoms with Gasteiger partial charge in [0.25, 0.3) is 0 Å². The molecule has 0 aliphatic rings. The second kappa shape index (κ2) is 14.6. The van der Waals surface area contributed by atoms with Crippen molar-refractivity contribution in [3.8, 4) is 11.8 Å². The van der Waals surface area contributed by atoms with Gasteiger partial charge in [0.1, 0.15) is 0 Å². The van der Waals surface area contributed by atoms with E-state index in [2.05, 4.69) is 29.3 Å². The number of nitrogens with zero attached hydrogens (tertiary/aromatic N) is 1. The summed E-state index contributed by atoms with van der Waals surface area (Å²) in [7, 11) is -3.19. The molecule has 2 rings (SSSR count). The Morgan fingerprint density at radius 2 is 1.77 bits per heavy atom. The lowest BCUT2D eigenvalue weighted by Gasteiger charge is -2.29. The zero-order valence-electron chi connectivity index (χ0n) is 23.0. The third-order valence-corrected chi connectivity index (χ3v) is 8.06. The number of hydrogen-bond acceptors (Lipinski definition) is 5. The summed E-state index contributed by atoms with van der Waals surface area (Å²) in [6.07, 6.45) is -3.07. The number of nitrogens with one attached hydrogen (secondary N) is 1. The van der Waals surface area contributed by atoms with Gasteiger partial charge in [-0.2, -0.15) is 17.5 Å². The molecule has 2 aromatic rings. The third-order valence-electron chi connectivity index (χ3n) is 6.26. The Labute approximate surface area is 234 Å². The number of aliphatic hydroxyl groups excluding tert-OH is 1. The van der Waals surface area contributed by atoms with Crippen LogP contribution in [0, 0.1) is 11.8 Å². The quantitative estimate of drug-likeness (QED) is 0.221. The van der Waals surface area contributed by atoms with E-state index >= 15 is 0 Å². The number of aliphatic hydroxyl groups is 1. The predicted molar refractivity (Wildman–Crippen MR) is 147 cm³/mol. The zero-order chi connectivity index (χ0) is 30.0. The summed E-state index contributed by atoms with van der Waals surface area (Å²) in [6, 6.07) is 12.4. The molecular formula is C29H37F3N2O5S. The first kappa shape index (κ1) is 33.3. The van der Waals surface area contributed by atoms with Crippen LogP contribution in [0.25, 0.3) is 0 Å². The maximum atomic E-state index is 13.5. The fourth-order valence-electron chi connectivity index (χ4n) is 3.98. The van der Waals surface area contributed by atoms with Gasteiger partial charge in [0.15, 0.2) is 0 Å². The molecule has 11 heteroatoms. The first-order chi connectivity index (χ1) is 18.6. The van der Waals surface area contributed by atoms with E-state index < -0.39 is 38.7 Å². The molecule has 0 fully saturated rings. The fraction of sp³-hybridized carbons (Fsp3) is 0.483. The van der Waals surface area contributed by atoms with Gasteiger partial charge in [-0.15, -0.1) is 0 Å². The number of carboxylic acids is 1. The maximum Gasteiger partial charge on any atom is 0.416 e. The van der Waals surface area contributed by atoms with Crippen LogP contribution >= 0.6 is 0 Å². The van der Waals surface area contributed by atoms with Crippen LogP contribution in [-0.2, 0) is 27.4 Å². The Balaban J connectivity index is 2.04. The molecule has 7 nitrogen and oxygen atoms in total. The number of benzene rings is 2. The van der Waals surface area contributed by atoms with Crippen molar-refractivity contribution in [1.29, 1.82) is 0 Å². The number of aliphatic carboxylic acids is 1. The minimum absolute atomic E-state index is 0.0911. The van der Waals surface area contributed by atoms with Crippen LogP contribution in [-0.4, -0.2) is 60.7 Å². The standard InChI is InChI=1S/C29H37F3N2O5S/c1-28(2,16-10-14-22-11-6-4-7-12-22)33-20-25(35)21-34(3)40(38,39)26-18-23(13-8-5-9-15-27(36)37)17-24(19-26)29(30,31)32/h4,6-7,11-12,17-19,25,33,35H,5,9-10,14-16,20-21H2,1-3H3,(H,36,37)/t25-/m1/s1. The molecule has 0 radical (unpaired) electrons. The molecule has 0 bridgehead atoms. The number of hydrogen-bond donors (Lipinski definition) is 3. The van der Waals surface area contributed by atoms with Gasteiger partial charge in [-0.3, -0.25) is 4.79 Å². The van der Waals surface area contributed by atoms with Crippen molar-refractivity contribution in [1.82, 2.24) is 9.62 Å². The molecule has 220 valence electrons. The summed E-state index contributed by atoms with van der Waals surface area (Å²) in [4.78, 5) is 10.0. The lowest BCUT2D eigenvalue weighted by atomic mass is 9.95. The van der Waals surface area contributed by atoms with Crippen molar-refractivity contribution >= 4 is 16.0 Å². The van der Waals surface area contributed by atoms with Crippen LogP contribution in [0.3, 0.4) is 0 Å². The number of halogens is 3. The molecule has 0 aliphatic heterocycles. The smallest absolute Gasteiger partial charge is 0.416 e. The minimum Gasteiger partial charge on any atom is -0.481 e. The second-order valence-corrected chi connectivity index (χ2v) is 12.4. The van der Waals surface area contributed by atoms with Gasteiger partial charge in [0.05, 0.1) is 16.6 Å². The largest absolute Gasteiger partial charge is 0.481 e. The normalized spacial score (nSPS) is 13.1. The van der Waals surface area contributed by atoms with Crippen molar-refractivity contribution < 1.29 is 36.6 Å². The first-order valence-corrected chi connectivity index (χ1v) is 14.4. The summed E-state index contributed by atoms with van der Waals surface area (Å²) in [5, 5.41) is 22.4. The highest BCUT2D eigenvalue weighted by molar-refractivity contribution is 7.89. The lowest BCUT2D eigenvalue weighted by Crippen LogP contribution is -2.46. The van der Waals surface area contributed by atoms with Gasteiger partial charge in [0.2, 0.25) is 10.0 Å². The number of rotatable bonds is 14. The van der Waals surface area contributed by atoms with E-state index in [4.69, 9.17) is 5.11 Å². The van der Waals surface area contributed by atoms with Crippen LogP contribution in [0.1, 0.15) is 62.6 Å². The molecule has 2 aromatic carbocycles. The summed E-state index contributed by atoms with van der Waals surface area (Å²) in [5.41, 5.74) is -0.424. The zero-order valence-corrected chi connectivity index (χ0v) is 23.8. The Morgan fingerprint density at radius 1 is 1.10 bits per heavy atom. The summed E-state index contributed by atoms with van der Waals surface area (Å²) < 4.78 is 67.6. The van der Waals surface area contributed by atoms with Crippen molar-refractivity contribution in [3.05, 3.63) is 65.2 Å². The number of alkyl halides is 3. The van der Waals surface area contributed by atoms with Gasteiger partial charge in [-0.25, -0.2) is 8.42 Å². The lowest BCUT2D eigenvalue weighted by molar-refractivity contribution is -0.138. The summed E-state index contributed by atoms with van der Waals surface area (Å²) in [5.74, 6) is 4.08. The molecule has 0 unspecified atom stereocenters. The second-order valence-electron chi connectivity index (χ2n) is 10.3. The summed E-state index contributed by atoms with van der Waals surface area (Å²) >= 11 is 0. The van der Waals surface area contributed by atoms with Gasteiger partial charge in [-0.1, -0.05) is 42.2 Å². The van der Waals surface area contributed by atoms with E-state index in [0.29, 0.717) is 6.07 Å². The monoisotopic (exact) mass is 582 g/mol. The van der Waals surface area contributed by atoms with Crippen molar-refractivity contribution in [2.45, 2.75) is 75.1 Å². The molecule has 0 saturated carbocycles. The molecule has 1 atom stereocenters. The number of likely N-dealkylation sites (N-methyl/N-ethyl adjacent to an activating group) is 1. The SMILES string of the molecule is CN(C[C@H](O)CNC(C)(C)CCCc1ccccc1)S(=O)(=O)c1cc(C#CCCCC(=O)O)cc(C(F)(F)F)c1. The molecule has 0 aromatic heterocycles. The molecule has 0 heterocycles. The maximum absolute atomic E-state index is 13.5. The van der Waals surface area contributed by atoms with Gasteiger partial charge in [0, 0.05) is 44.1 Å². The Morgan fingerprint density at radius 3 is 2.40 bits per heavy atom. The van der Waals surface area contributed by atoms with Gasteiger partial charge < -0.3 is 15.5 Å². The molecule has 40 heavy (non-hydrogen) atoms. The number of sulfonamides is 1. The number of carboxylic acid groups (broad SMARTS) is 1. The molecule has 0 spiro atoms. The van der Waals surface area contributed by atoms with E-state index in [1.165, 1.54) is 12.6 Å². The van der Waals surface area contributed by atoms with E-state index in [0.717, 1.165) is 35.7 Å².